The van der Waals surface area contributed by atoms with Crippen molar-refractivity contribution in [1.82, 2.24) is 4.72 Å². The molecule has 0 radical (unpaired) electrons. The van der Waals surface area contributed by atoms with Gasteiger partial charge in [-0.25, -0.2) is 13.1 Å². The van der Waals surface area contributed by atoms with Gasteiger partial charge in [-0.15, -0.1) is 0 Å². The Morgan fingerprint density at radius 3 is 2.33 bits per heavy atom. The van der Waals surface area contributed by atoms with Gasteiger partial charge in [0, 0.05) is 0 Å². The molecule has 1 rings (SSSR count). The average molecular weight is 191 g/mol. The fraction of sp³-hybridized carbons (Fsp3) is 1.00. The van der Waals surface area contributed by atoms with E-state index in [2.05, 4.69) is 11.6 Å². The Bertz CT molecular complexity index is 248. The van der Waals surface area contributed by atoms with Crippen LogP contribution in [0, 0.1) is 11.8 Å². The SMILES string of the molecule is CCC(C1CC1C)S(=O)(=O)NC. The molecule has 1 aliphatic rings. The molecule has 3 nitrogen and oxygen atoms in total. The van der Waals surface area contributed by atoms with Gasteiger partial charge in [0.2, 0.25) is 10.0 Å². The first-order chi connectivity index (χ1) is 5.53. The van der Waals surface area contributed by atoms with Crippen LogP contribution in [-0.4, -0.2) is 20.7 Å². The Balaban J connectivity index is 2.69. The van der Waals surface area contributed by atoms with Crippen LogP contribution < -0.4 is 4.72 Å². The van der Waals surface area contributed by atoms with E-state index in [4.69, 9.17) is 0 Å². The second kappa shape index (κ2) is 3.34. The van der Waals surface area contributed by atoms with Gasteiger partial charge < -0.3 is 0 Å². The normalized spacial score (nSPS) is 31.6. The van der Waals surface area contributed by atoms with Crippen LogP contribution in [0.1, 0.15) is 26.7 Å². The molecule has 0 aliphatic heterocycles. The van der Waals surface area contributed by atoms with Crippen LogP contribution in [0.25, 0.3) is 0 Å². The Morgan fingerprint density at radius 1 is 1.58 bits per heavy atom. The fourth-order valence-electron chi connectivity index (χ4n) is 1.77. The van der Waals surface area contributed by atoms with Crippen LogP contribution >= 0.6 is 0 Å². The van der Waals surface area contributed by atoms with E-state index in [1.165, 1.54) is 7.05 Å². The van der Waals surface area contributed by atoms with Crippen molar-refractivity contribution < 1.29 is 8.42 Å². The molecule has 12 heavy (non-hydrogen) atoms. The molecule has 1 fully saturated rings. The van der Waals surface area contributed by atoms with E-state index >= 15 is 0 Å². The van der Waals surface area contributed by atoms with Crippen LogP contribution in [-0.2, 0) is 10.0 Å². The number of sulfonamides is 1. The van der Waals surface area contributed by atoms with Gasteiger partial charge in [-0.05, 0) is 31.7 Å². The minimum Gasteiger partial charge on any atom is -0.218 e. The molecule has 0 spiro atoms. The third-order valence-corrected chi connectivity index (χ3v) is 4.78. The molecule has 1 saturated carbocycles. The second-order valence-corrected chi connectivity index (χ2v) is 5.68. The highest BCUT2D eigenvalue weighted by atomic mass is 32.2. The highest BCUT2D eigenvalue weighted by Crippen LogP contribution is 2.43. The van der Waals surface area contributed by atoms with Gasteiger partial charge in [-0.3, -0.25) is 0 Å². The number of hydrogen-bond donors (Lipinski definition) is 1. The summed E-state index contributed by atoms with van der Waals surface area (Å²) in [5.74, 6) is 0.991. The van der Waals surface area contributed by atoms with Crippen LogP contribution in [0.4, 0.5) is 0 Å². The lowest BCUT2D eigenvalue weighted by Crippen LogP contribution is -2.33. The predicted octanol–water partition coefficient (Wildman–Crippen LogP) is 0.970. The summed E-state index contributed by atoms with van der Waals surface area (Å²) in [7, 11) is -1.54. The van der Waals surface area contributed by atoms with Gasteiger partial charge >= 0.3 is 0 Å². The van der Waals surface area contributed by atoms with E-state index in [1.807, 2.05) is 6.92 Å². The van der Waals surface area contributed by atoms with E-state index in [9.17, 15) is 8.42 Å². The largest absolute Gasteiger partial charge is 0.218 e. The van der Waals surface area contributed by atoms with E-state index in [-0.39, 0.29) is 5.25 Å². The van der Waals surface area contributed by atoms with Gasteiger partial charge in [0.05, 0.1) is 5.25 Å². The Kier molecular flexibility index (Phi) is 2.78. The van der Waals surface area contributed by atoms with Crippen LogP contribution in [0.2, 0.25) is 0 Å². The fourth-order valence-corrected chi connectivity index (χ4v) is 3.35. The highest BCUT2D eigenvalue weighted by molar-refractivity contribution is 7.90. The minimum atomic E-state index is -3.03. The molecule has 1 aliphatic carbocycles. The maximum absolute atomic E-state index is 11.4. The summed E-state index contributed by atoms with van der Waals surface area (Å²) in [6.45, 7) is 4.04. The lowest BCUT2D eigenvalue weighted by molar-refractivity contribution is 0.545. The molecule has 3 atom stereocenters. The molecule has 0 bridgehead atoms. The number of hydrogen-bond acceptors (Lipinski definition) is 2. The predicted molar refractivity (Wildman–Crippen MR) is 49.3 cm³/mol. The summed E-state index contributed by atoms with van der Waals surface area (Å²) in [4.78, 5) is 0. The van der Waals surface area contributed by atoms with Gasteiger partial charge in [0.25, 0.3) is 0 Å². The molecule has 4 heteroatoms. The van der Waals surface area contributed by atoms with Crippen molar-refractivity contribution in [3.05, 3.63) is 0 Å². The molecule has 0 aromatic heterocycles. The molecule has 0 saturated heterocycles. The lowest BCUT2D eigenvalue weighted by atomic mass is 10.2. The van der Waals surface area contributed by atoms with E-state index in [0.717, 1.165) is 12.8 Å². The van der Waals surface area contributed by atoms with Gasteiger partial charge in [-0.2, -0.15) is 0 Å². The maximum Gasteiger partial charge on any atom is 0.214 e. The smallest absolute Gasteiger partial charge is 0.214 e. The van der Waals surface area contributed by atoms with Gasteiger partial charge in [0.1, 0.15) is 0 Å². The first kappa shape index (κ1) is 9.99. The van der Waals surface area contributed by atoms with Crippen LogP contribution in [0.15, 0.2) is 0 Å². The van der Waals surface area contributed by atoms with Crippen molar-refractivity contribution in [3.63, 3.8) is 0 Å². The quantitative estimate of drug-likeness (QED) is 0.719. The van der Waals surface area contributed by atoms with Crippen LogP contribution in [0.5, 0.6) is 0 Å². The van der Waals surface area contributed by atoms with Crippen molar-refractivity contribution >= 4 is 10.0 Å². The second-order valence-electron chi connectivity index (χ2n) is 3.57. The molecule has 0 aromatic carbocycles. The summed E-state index contributed by atoms with van der Waals surface area (Å²) in [5.41, 5.74) is 0. The van der Waals surface area contributed by atoms with Crippen molar-refractivity contribution in [2.45, 2.75) is 31.9 Å². The number of rotatable bonds is 4. The molecular formula is C8H17NO2S. The minimum absolute atomic E-state index is 0.169. The average Bonchev–Trinajstić information content (AvgIpc) is 2.68. The monoisotopic (exact) mass is 191 g/mol. The molecule has 3 unspecified atom stereocenters. The van der Waals surface area contributed by atoms with Crippen molar-refractivity contribution in [2.75, 3.05) is 7.05 Å². The topological polar surface area (TPSA) is 46.2 Å². The zero-order chi connectivity index (χ0) is 9.35. The number of nitrogens with one attached hydrogen (secondary N) is 1. The molecular weight excluding hydrogens is 174 g/mol. The summed E-state index contributed by atoms with van der Waals surface area (Å²) < 4.78 is 25.3. The Labute approximate surface area is 74.6 Å². The lowest BCUT2D eigenvalue weighted by Gasteiger charge is -2.13. The summed E-state index contributed by atoms with van der Waals surface area (Å²) in [6, 6.07) is 0. The molecule has 0 aromatic rings. The summed E-state index contributed by atoms with van der Waals surface area (Å²) >= 11 is 0. The standard InChI is InChI=1S/C8H17NO2S/c1-4-8(7-5-6(7)2)12(10,11)9-3/h6-9H,4-5H2,1-3H3. The van der Waals surface area contributed by atoms with Crippen LogP contribution in [0.3, 0.4) is 0 Å². The van der Waals surface area contributed by atoms with E-state index < -0.39 is 10.0 Å². The highest BCUT2D eigenvalue weighted by Gasteiger charge is 2.44. The molecule has 1 N–H and O–H groups in total. The zero-order valence-corrected chi connectivity index (χ0v) is 8.69. The van der Waals surface area contributed by atoms with Crippen molar-refractivity contribution in [1.29, 1.82) is 0 Å². The first-order valence-electron chi connectivity index (χ1n) is 4.45. The van der Waals surface area contributed by atoms with Gasteiger partial charge in [0.15, 0.2) is 0 Å². The Hall–Kier alpha value is -0.0900. The Morgan fingerprint density at radius 2 is 2.08 bits per heavy atom. The van der Waals surface area contributed by atoms with Gasteiger partial charge in [-0.1, -0.05) is 13.8 Å². The van der Waals surface area contributed by atoms with E-state index in [0.29, 0.717) is 11.8 Å². The third-order valence-electron chi connectivity index (χ3n) is 2.73. The van der Waals surface area contributed by atoms with Crippen molar-refractivity contribution in [3.8, 4) is 0 Å². The molecule has 0 amide bonds. The molecule has 0 heterocycles. The van der Waals surface area contributed by atoms with Crippen molar-refractivity contribution in [2.24, 2.45) is 11.8 Å². The zero-order valence-electron chi connectivity index (χ0n) is 7.87. The summed E-state index contributed by atoms with van der Waals surface area (Å²) in [5, 5.41) is -0.169. The summed E-state index contributed by atoms with van der Waals surface area (Å²) in [6.07, 6.45) is 1.79. The van der Waals surface area contributed by atoms with E-state index in [1.54, 1.807) is 0 Å². The molecule has 72 valence electrons. The first-order valence-corrected chi connectivity index (χ1v) is 6.00. The maximum atomic E-state index is 11.4. The third kappa shape index (κ3) is 1.80.